The third kappa shape index (κ3) is 8.67. The maximum absolute atomic E-state index is 14.8. The Kier molecular flexibility index (Phi) is 11.6. The van der Waals surface area contributed by atoms with Crippen molar-refractivity contribution in [1.29, 1.82) is 0 Å². The van der Waals surface area contributed by atoms with Gasteiger partial charge < -0.3 is 35.2 Å². The fraction of sp³-hybridized carbons (Fsp3) is 0.381. The summed E-state index contributed by atoms with van der Waals surface area (Å²) in [6.07, 6.45) is 0.573. The SMILES string of the molecule is COc1ccc(CNC(=O)C(=O)[C@]2(C)CC(F)(F)CN2C(=O)CNC(=O)C2C[C@@H](CC(=O)N3Cc4cccc(Cn5cc(-c6ccccc6)nn5)c4C3)C(=O)N2)cc1OC. The number of nitrogens with one attached hydrogen (secondary N) is 3. The normalized spacial score (nSPS) is 20.3. The van der Waals surface area contributed by atoms with Gasteiger partial charge in [0.2, 0.25) is 29.4 Å². The van der Waals surface area contributed by atoms with E-state index in [0.717, 1.165) is 34.9 Å². The molecule has 0 radical (unpaired) electrons. The second-order valence-electron chi connectivity index (χ2n) is 15.4. The fourth-order valence-electron chi connectivity index (χ4n) is 8.04. The molecule has 4 heterocycles. The van der Waals surface area contributed by atoms with Gasteiger partial charge in [-0.25, -0.2) is 13.5 Å². The number of ether oxygens (including phenoxy) is 2. The van der Waals surface area contributed by atoms with Gasteiger partial charge in [0.25, 0.3) is 11.8 Å². The number of hydrogen-bond donors (Lipinski definition) is 3. The lowest BCUT2D eigenvalue weighted by Crippen LogP contribution is -2.57. The van der Waals surface area contributed by atoms with Crippen LogP contribution in [0.4, 0.5) is 8.78 Å². The first-order valence-corrected chi connectivity index (χ1v) is 19.3. The van der Waals surface area contributed by atoms with Gasteiger partial charge in [-0.3, -0.25) is 28.8 Å². The van der Waals surface area contributed by atoms with E-state index in [4.69, 9.17) is 9.47 Å². The smallest absolute Gasteiger partial charge is 0.290 e. The minimum Gasteiger partial charge on any atom is -0.493 e. The number of methoxy groups -OCH3 is 2. The number of Topliss-reactive ketones (excluding diaryl/α,β-unsaturated/α-hetero) is 1. The summed E-state index contributed by atoms with van der Waals surface area (Å²) >= 11 is 0. The van der Waals surface area contributed by atoms with Gasteiger partial charge in [0.05, 0.1) is 40.1 Å². The van der Waals surface area contributed by atoms with E-state index in [1.807, 2.05) is 54.7 Å². The van der Waals surface area contributed by atoms with Crippen LogP contribution in [0, 0.1) is 5.92 Å². The molecule has 18 heteroatoms. The lowest BCUT2D eigenvalue weighted by molar-refractivity contribution is -0.149. The minimum atomic E-state index is -3.49. The first-order chi connectivity index (χ1) is 28.7. The third-order valence-corrected chi connectivity index (χ3v) is 11.2. The summed E-state index contributed by atoms with van der Waals surface area (Å²) in [5.41, 5.74) is 2.96. The molecule has 0 spiro atoms. The molecule has 1 aromatic heterocycles. The average Bonchev–Trinajstić information content (AvgIpc) is 4.04. The van der Waals surface area contributed by atoms with E-state index in [0.29, 0.717) is 41.6 Å². The van der Waals surface area contributed by atoms with Crippen molar-refractivity contribution in [3.05, 3.63) is 95.2 Å². The molecule has 3 N–H and O–H groups in total. The molecule has 3 aliphatic rings. The number of likely N-dealkylation sites (tertiary alicyclic amines) is 1. The first-order valence-electron chi connectivity index (χ1n) is 19.3. The molecule has 0 bridgehead atoms. The van der Waals surface area contributed by atoms with Crippen LogP contribution in [-0.4, -0.2) is 105 Å². The zero-order valence-corrected chi connectivity index (χ0v) is 33.2. The van der Waals surface area contributed by atoms with Crippen LogP contribution in [0.25, 0.3) is 11.3 Å². The number of carbonyl (C=O) groups is 6. The predicted octanol–water partition coefficient (Wildman–Crippen LogP) is 2.38. The van der Waals surface area contributed by atoms with Gasteiger partial charge in [0.15, 0.2) is 11.5 Å². The molecule has 3 atom stereocenters. The van der Waals surface area contributed by atoms with Crippen molar-refractivity contribution in [1.82, 2.24) is 40.7 Å². The Labute approximate surface area is 343 Å². The largest absolute Gasteiger partial charge is 0.493 e. The molecule has 60 heavy (non-hydrogen) atoms. The average molecular weight is 827 g/mol. The standard InChI is InChI=1S/C42H44F2N8O8/c1-41(37(55)40(58)45-17-25-12-13-33(59-2)34(14-25)60-3)23-42(43,44)24-52(41)36(54)18-46-39(57)31-15-29(38(56)47-31)16-35(53)50-19-27-10-7-11-28(30(27)21-50)20-51-22-32(48-49-51)26-8-5-4-6-9-26/h4-14,22,29,31H,15-21,23-24H2,1-3H3,(H,45,58)(H,46,57)(H,47,56)/t29-,31?,41-/m0/s1. The number of ketones is 1. The number of amides is 5. The van der Waals surface area contributed by atoms with E-state index in [2.05, 4.69) is 26.3 Å². The third-order valence-electron chi connectivity index (χ3n) is 11.2. The number of hydrogen-bond acceptors (Lipinski definition) is 10. The number of carbonyl (C=O) groups excluding carboxylic acids is 6. The van der Waals surface area contributed by atoms with E-state index in [1.165, 1.54) is 14.2 Å². The topological polar surface area (TPSA) is 194 Å². The Bertz CT molecular complexity index is 2340. The number of aromatic nitrogens is 3. The summed E-state index contributed by atoms with van der Waals surface area (Å²) in [5.74, 6) is -8.49. The van der Waals surface area contributed by atoms with Gasteiger partial charge in [-0.15, -0.1) is 5.10 Å². The number of fused-ring (bicyclic) bond motifs is 1. The van der Waals surface area contributed by atoms with Crippen molar-refractivity contribution in [2.45, 2.75) is 69.9 Å². The van der Waals surface area contributed by atoms with Crippen LogP contribution >= 0.6 is 0 Å². The lowest BCUT2D eigenvalue weighted by Gasteiger charge is -2.32. The van der Waals surface area contributed by atoms with E-state index < -0.39 is 72.3 Å². The van der Waals surface area contributed by atoms with E-state index in [1.54, 1.807) is 27.8 Å². The number of rotatable bonds is 14. The van der Waals surface area contributed by atoms with Crippen molar-refractivity contribution in [3.8, 4) is 22.8 Å². The van der Waals surface area contributed by atoms with Gasteiger partial charge in [0, 0.05) is 44.0 Å². The zero-order valence-electron chi connectivity index (χ0n) is 33.2. The highest BCUT2D eigenvalue weighted by atomic mass is 19.3. The van der Waals surface area contributed by atoms with Crippen molar-refractivity contribution in [2.24, 2.45) is 5.92 Å². The number of benzene rings is 3. The molecule has 0 aliphatic carbocycles. The van der Waals surface area contributed by atoms with Crippen molar-refractivity contribution < 1.29 is 47.0 Å². The summed E-state index contributed by atoms with van der Waals surface area (Å²) in [5, 5.41) is 15.9. The molecule has 4 aromatic rings. The molecule has 3 aromatic carbocycles. The summed E-state index contributed by atoms with van der Waals surface area (Å²) in [6.45, 7) is 0.152. The minimum absolute atomic E-state index is 0.0368. The second-order valence-corrected chi connectivity index (χ2v) is 15.4. The molecule has 2 saturated heterocycles. The molecule has 1 unspecified atom stereocenters. The molecule has 314 valence electrons. The van der Waals surface area contributed by atoms with Crippen LogP contribution in [0.3, 0.4) is 0 Å². The number of nitrogens with zero attached hydrogens (tertiary/aromatic N) is 5. The molecular weight excluding hydrogens is 783 g/mol. The van der Waals surface area contributed by atoms with Gasteiger partial charge in [0.1, 0.15) is 17.3 Å². The number of alkyl halides is 2. The molecule has 2 fully saturated rings. The Balaban J connectivity index is 0.906. The molecule has 5 amide bonds. The van der Waals surface area contributed by atoms with Crippen LogP contribution in [0.15, 0.2) is 72.9 Å². The molecular formula is C42H44F2N8O8. The van der Waals surface area contributed by atoms with Crippen LogP contribution in [-0.2, 0) is 54.9 Å². The van der Waals surface area contributed by atoms with E-state index >= 15 is 0 Å². The van der Waals surface area contributed by atoms with Gasteiger partial charge >= 0.3 is 0 Å². The predicted molar refractivity (Wildman–Crippen MR) is 209 cm³/mol. The maximum atomic E-state index is 14.8. The van der Waals surface area contributed by atoms with Crippen LogP contribution in [0.2, 0.25) is 0 Å². The zero-order chi connectivity index (χ0) is 42.8. The van der Waals surface area contributed by atoms with E-state index in [-0.39, 0.29) is 25.3 Å². The molecule has 7 rings (SSSR count). The highest BCUT2D eigenvalue weighted by Gasteiger charge is 2.59. The van der Waals surface area contributed by atoms with Gasteiger partial charge in [-0.1, -0.05) is 59.8 Å². The van der Waals surface area contributed by atoms with Gasteiger partial charge in [-0.2, -0.15) is 0 Å². The number of halogens is 2. The van der Waals surface area contributed by atoms with Gasteiger partial charge in [-0.05, 0) is 47.7 Å². The highest BCUT2D eigenvalue weighted by molar-refractivity contribution is 6.40. The summed E-state index contributed by atoms with van der Waals surface area (Å²) in [4.78, 5) is 81.5. The van der Waals surface area contributed by atoms with Crippen LogP contribution in [0.1, 0.15) is 48.4 Å². The molecule has 0 saturated carbocycles. The van der Waals surface area contributed by atoms with E-state index in [9.17, 15) is 37.5 Å². The molecule has 3 aliphatic heterocycles. The Morgan fingerprint density at radius 3 is 2.45 bits per heavy atom. The quantitative estimate of drug-likeness (QED) is 0.159. The highest BCUT2D eigenvalue weighted by Crippen LogP contribution is 2.40. The summed E-state index contributed by atoms with van der Waals surface area (Å²) < 4.78 is 41.8. The second kappa shape index (κ2) is 16.9. The van der Waals surface area contributed by atoms with Crippen molar-refractivity contribution >= 4 is 35.3 Å². The Hall–Kier alpha value is -6.72. The Morgan fingerprint density at radius 2 is 1.70 bits per heavy atom. The molecule has 16 nitrogen and oxygen atoms in total. The monoisotopic (exact) mass is 826 g/mol. The van der Waals surface area contributed by atoms with Crippen molar-refractivity contribution in [2.75, 3.05) is 27.3 Å². The maximum Gasteiger partial charge on any atom is 0.290 e. The van der Waals surface area contributed by atoms with Crippen LogP contribution < -0.4 is 25.4 Å². The van der Waals surface area contributed by atoms with Crippen LogP contribution in [0.5, 0.6) is 11.5 Å². The Morgan fingerprint density at radius 1 is 0.933 bits per heavy atom. The summed E-state index contributed by atoms with van der Waals surface area (Å²) in [6, 6.07) is 19.2. The first kappa shape index (κ1) is 41.4. The van der Waals surface area contributed by atoms with Crippen molar-refractivity contribution in [3.63, 3.8) is 0 Å². The lowest BCUT2D eigenvalue weighted by atomic mass is 9.91. The fourth-order valence-corrected chi connectivity index (χ4v) is 8.04. The summed E-state index contributed by atoms with van der Waals surface area (Å²) in [7, 11) is 2.88.